The topological polar surface area (TPSA) is 58.6 Å². The number of alkyl halides is 4. The number of benzene rings is 2. The number of rotatable bonds is 5. The molecular weight excluding hydrogens is 428 g/mol. The summed E-state index contributed by atoms with van der Waals surface area (Å²) in [5.41, 5.74) is -0.314. The number of anilines is 2. The Morgan fingerprint density at radius 2 is 1.78 bits per heavy atom. The highest BCUT2D eigenvalue weighted by Crippen LogP contribution is 2.47. The number of carbonyl (C=O) groups is 2. The van der Waals surface area contributed by atoms with Crippen molar-refractivity contribution in [3.05, 3.63) is 53.6 Å². The molecule has 1 heterocycles. The largest absolute Gasteiger partial charge is 0.435 e. The molecule has 0 atom stereocenters. The molecule has 0 spiro atoms. The Morgan fingerprint density at radius 3 is 2.41 bits per heavy atom. The first kappa shape index (κ1) is 22.1. The van der Waals surface area contributed by atoms with Crippen molar-refractivity contribution in [2.24, 2.45) is 0 Å². The minimum Gasteiger partial charge on any atom is -0.435 e. The molecule has 1 fully saturated rings. The minimum atomic E-state index is -3.00. The third kappa shape index (κ3) is 3.80. The van der Waals surface area contributed by atoms with Crippen LogP contribution in [0.2, 0.25) is 0 Å². The van der Waals surface area contributed by atoms with Crippen LogP contribution in [0.4, 0.5) is 28.9 Å². The van der Waals surface area contributed by atoms with Gasteiger partial charge < -0.3 is 10.1 Å². The number of amides is 2. The Kier molecular flexibility index (Phi) is 4.98. The zero-order chi connectivity index (χ0) is 23.5. The highest BCUT2D eigenvalue weighted by molar-refractivity contribution is 6.13. The first-order valence-electron chi connectivity index (χ1n) is 10.1. The molecule has 32 heavy (non-hydrogen) atoms. The van der Waals surface area contributed by atoms with Crippen LogP contribution < -0.4 is 15.0 Å². The van der Waals surface area contributed by atoms with Crippen molar-refractivity contribution in [2.45, 2.75) is 57.1 Å². The highest BCUT2D eigenvalue weighted by atomic mass is 19.3. The van der Waals surface area contributed by atoms with Crippen LogP contribution in [0, 0.1) is 0 Å². The molecule has 0 radical (unpaired) electrons. The number of hydrogen-bond donors (Lipinski definition) is 1. The molecule has 2 aromatic carbocycles. The second kappa shape index (κ2) is 7.21. The SMILES string of the molecule is CC1(NC(=O)c2ccc3c(c2)C(C)(C)C(=O)N3c2cccc(OC(F)F)c2)CC(F)(F)C1. The minimum absolute atomic E-state index is 0.0851. The monoisotopic (exact) mass is 450 g/mol. The Labute approximate surface area is 182 Å². The fraction of sp³-hybridized carbons (Fsp3) is 0.391. The Morgan fingerprint density at radius 1 is 1.09 bits per heavy atom. The van der Waals surface area contributed by atoms with Gasteiger partial charge in [-0.1, -0.05) is 6.07 Å². The number of hydrogen-bond acceptors (Lipinski definition) is 3. The summed E-state index contributed by atoms with van der Waals surface area (Å²) in [6, 6.07) is 10.5. The summed E-state index contributed by atoms with van der Waals surface area (Å²) in [6.07, 6.45) is -0.850. The molecule has 5 nitrogen and oxygen atoms in total. The summed E-state index contributed by atoms with van der Waals surface area (Å²) in [5.74, 6) is -3.67. The summed E-state index contributed by atoms with van der Waals surface area (Å²) < 4.78 is 56.2. The highest BCUT2D eigenvalue weighted by Gasteiger charge is 2.54. The van der Waals surface area contributed by atoms with Crippen LogP contribution in [0.1, 0.15) is 49.5 Å². The molecule has 9 heteroatoms. The number of carbonyl (C=O) groups excluding carboxylic acids is 2. The van der Waals surface area contributed by atoms with Crippen molar-refractivity contribution in [1.82, 2.24) is 5.32 Å². The first-order chi connectivity index (χ1) is 14.8. The van der Waals surface area contributed by atoms with Gasteiger partial charge >= 0.3 is 6.61 Å². The standard InChI is InChI=1S/C23H22F4N2O3/c1-21(2)16-9-13(18(30)28-22(3)11-23(26,27)12-22)7-8-17(16)29(19(21)31)14-5-4-6-15(10-14)32-20(24)25/h4-10,20H,11-12H2,1-3H3,(H,28,30). The molecule has 1 aliphatic heterocycles. The van der Waals surface area contributed by atoms with Crippen LogP contribution in [0.5, 0.6) is 5.75 Å². The Hall–Kier alpha value is -3.10. The average molecular weight is 450 g/mol. The third-order valence-corrected chi connectivity index (χ3v) is 5.92. The van der Waals surface area contributed by atoms with Gasteiger partial charge in [0.1, 0.15) is 5.75 Å². The fourth-order valence-electron chi connectivity index (χ4n) is 4.46. The van der Waals surface area contributed by atoms with Crippen LogP contribution in [-0.2, 0) is 10.2 Å². The van der Waals surface area contributed by atoms with Gasteiger partial charge in [0.05, 0.1) is 16.8 Å². The van der Waals surface area contributed by atoms with Crippen LogP contribution in [0.15, 0.2) is 42.5 Å². The van der Waals surface area contributed by atoms with Gasteiger partial charge in [-0.05, 0) is 56.7 Å². The molecule has 1 N–H and O–H groups in total. The molecule has 0 saturated heterocycles. The van der Waals surface area contributed by atoms with Crippen molar-refractivity contribution in [2.75, 3.05) is 4.90 Å². The normalized spacial score (nSPS) is 20.0. The number of ether oxygens (including phenoxy) is 1. The lowest BCUT2D eigenvalue weighted by Crippen LogP contribution is -2.60. The van der Waals surface area contributed by atoms with Gasteiger partial charge in [0.25, 0.3) is 11.8 Å². The van der Waals surface area contributed by atoms with E-state index in [0.717, 1.165) is 0 Å². The van der Waals surface area contributed by atoms with Crippen LogP contribution >= 0.6 is 0 Å². The maximum Gasteiger partial charge on any atom is 0.387 e. The van der Waals surface area contributed by atoms with Crippen LogP contribution in [0.25, 0.3) is 0 Å². The predicted molar refractivity (Wildman–Crippen MR) is 110 cm³/mol. The van der Waals surface area contributed by atoms with E-state index in [2.05, 4.69) is 10.1 Å². The van der Waals surface area contributed by atoms with E-state index in [9.17, 15) is 27.2 Å². The molecule has 4 rings (SSSR count). The molecule has 2 amide bonds. The lowest BCUT2D eigenvalue weighted by Gasteiger charge is -2.45. The number of nitrogens with zero attached hydrogens (tertiary/aromatic N) is 1. The van der Waals surface area contributed by atoms with E-state index in [4.69, 9.17) is 0 Å². The maximum absolute atomic E-state index is 13.3. The van der Waals surface area contributed by atoms with Crippen LogP contribution in [-0.4, -0.2) is 29.9 Å². The smallest absolute Gasteiger partial charge is 0.387 e. The molecular formula is C23H22F4N2O3. The van der Waals surface area contributed by atoms with E-state index < -0.39 is 42.2 Å². The molecule has 1 aliphatic carbocycles. The fourth-order valence-corrected chi connectivity index (χ4v) is 4.46. The lowest BCUT2D eigenvalue weighted by atomic mass is 9.75. The Balaban J connectivity index is 1.65. The van der Waals surface area contributed by atoms with Crippen molar-refractivity contribution in [3.8, 4) is 5.75 Å². The number of nitrogens with one attached hydrogen (secondary N) is 1. The zero-order valence-corrected chi connectivity index (χ0v) is 17.7. The van der Waals surface area contributed by atoms with E-state index in [0.29, 0.717) is 16.9 Å². The van der Waals surface area contributed by atoms with Crippen LogP contribution in [0.3, 0.4) is 0 Å². The van der Waals surface area contributed by atoms with Crippen molar-refractivity contribution in [1.29, 1.82) is 0 Å². The van der Waals surface area contributed by atoms with E-state index in [-0.39, 0.29) is 17.2 Å². The molecule has 0 bridgehead atoms. The predicted octanol–water partition coefficient (Wildman–Crippen LogP) is 5.16. The molecule has 2 aliphatic rings. The van der Waals surface area contributed by atoms with Gasteiger partial charge in [-0.15, -0.1) is 0 Å². The van der Waals surface area contributed by atoms with Gasteiger partial charge in [-0.25, -0.2) is 8.78 Å². The quantitative estimate of drug-likeness (QED) is 0.640. The molecule has 2 aromatic rings. The molecule has 0 unspecified atom stereocenters. The summed E-state index contributed by atoms with van der Waals surface area (Å²) in [5, 5.41) is 2.66. The molecule has 1 saturated carbocycles. The average Bonchev–Trinajstić information content (AvgIpc) is 2.85. The lowest BCUT2D eigenvalue weighted by molar-refractivity contribution is -0.124. The van der Waals surface area contributed by atoms with Crippen molar-refractivity contribution < 1.29 is 31.9 Å². The van der Waals surface area contributed by atoms with Gasteiger partial charge in [-0.2, -0.15) is 8.78 Å². The van der Waals surface area contributed by atoms with Gasteiger partial charge in [-0.3, -0.25) is 14.5 Å². The second-order valence-electron chi connectivity index (χ2n) is 9.10. The number of halogens is 4. The summed E-state index contributed by atoms with van der Waals surface area (Å²) >= 11 is 0. The molecule has 170 valence electrons. The summed E-state index contributed by atoms with van der Waals surface area (Å²) in [4.78, 5) is 27.3. The van der Waals surface area contributed by atoms with Gasteiger partial charge in [0.15, 0.2) is 0 Å². The van der Waals surface area contributed by atoms with E-state index >= 15 is 0 Å². The number of fused-ring (bicyclic) bond motifs is 1. The summed E-state index contributed by atoms with van der Waals surface area (Å²) in [6.45, 7) is 1.97. The van der Waals surface area contributed by atoms with Gasteiger partial charge in [0, 0.05) is 30.0 Å². The summed E-state index contributed by atoms with van der Waals surface area (Å²) in [7, 11) is 0. The third-order valence-electron chi connectivity index (χ3n) is 5.92. The maximum atomic E-state index is 13.3. The van der Waals surface area contributed by atoms with E-state index in [1.807, 2.05) is 0 Å². The van der Waals surface area contributed by atoms with Crippen molar-refractivity contribution in [3.63, 3.8) is 0 Å². The van der Waals surface area contributed by atoms with E-state index in [1.165, 1.54) is 29.2 Å². The molecule has 0 aromatic heterocycles. The zero-order valence-electron chi connectivity index (χ0n) is 17.7. The first-order valence-corrected chi connectivity index (χ1v) is 10.1. The second-order valence-corrected chi connectivity index (χ2v) is 9.10. The van der Waals surface area contributed by atoms with E-state index in [1.54, 1.807) is 39.0 Å². The van der Waals surface area contributed by atoms with Gasteiger partial charge in [0.2, 0.25) is 5.91 Å². The van der Waals surface area contributed by atoms with Crippen molar-refractivity contribution >= 4 is 23.2 Å². The Bertz CT molecular complexity index is 1090.